The minimum atomic E-state index is -0.219. The molecule has 2 fully saturated rings. The van der Waals surface area contributed by atoms with Crippen molar-refractivity contribution < 1.29 is 4.39 Å². The minimum absolute atomic E-state index is 0.00332. The molecule has 4 rings (SSSR count). The zero-order chi connectivity index (χ0) is 19.3. The first-order valence-corrected chi connectivity index (χ1v) is 10.7. The largest absolute Gasteiger partial charge is 0.348 e. The average molecular weight is 384 g/mol. The Kier molecular flexibility index (Phi) is 6.03. The summed E-state index contributed by atoms with van der Waals surface area (Å²) in [4.78, 5) is 16.7. The van der Waals surface area contributed by atoms with Gasteiger partial charge in [-0.3, -0.25) is 0 Å². The van der Waals surface area contributed by atoms with E-state index in [9.17, 15) is 4.39 Å². The van der Waals surface area contributed by atoms with E-state index >= 15 is 0 Å². The third kappa shape index (κ3) is 4.59. The number of rotatable bonds is 5. The van der Waals surface area contributed by atoms with E-state index in [-0.39, 0.29) is 11.9 Å². The topological polar surface area (TPSA) is 53.9 Å². The van der Waals surface area contributed by atoms with Crippen LogP contribution in [0.15, 0.2) is 24.3 Å². The number of benzene rings is 1. The van der Waals surface area contributed by atoms with Crippen LogP contribution < -0.4 is 10.2 Å². The fourth-order valence-corrected chi connectivity index (χ4v) is 4.25. The Bertz CT molecular complexity index is 731. The third-order valence-corrected chi connectivity index (χ3v) is 5.97. The standard InChI is InChI=1S/C22H30FN5/c1-16(17-10-12-19(23)13-11-17)24-21-25-20(18-8-4-2-5-9-18)26-22(27-21)28-14-6-3-7-15-28/h10-13,16,18H,2-9,14-15H2,1H3,(H,24,25,26,27). The Morgan fingerprint density at radius 2 is 1.61 bits per heavy atom. The van der Waals surface area contributed by atoms with E-state index in [1.807, 2.05) is 12.1 Å². The molecule has 2 aromatic rings. The van der Waals surface area contributed by atoms with E-state index in [1.165, 1.54) is 50.7 Å². The molecule has 2 heterocycles. The van der Waals surface area contributed by atoms with Gasteiger partial charge in [-0.2, -0.15) is 15.0 Å². The molecule has 1 aromatic heterocycles. The first kappa shape index (κ1) is 19.1. The fourth-order valence-electron chi connectivity index (χ4n) is 4.25. The van der Waals surface area contributed by atoms with Gasteiger partial charge in [-0.1, -0.05) is 31.4 Å². The molecule has 2 aliphatic rings. The van der Waals surface area contributed by atoms with Crippen molar-refractivity contribution in [2.75, 3.05) is 23.3 Å². The highest BCUT2D eigenvalue weighted by Crippen LogP contribution is 2.32. The van der Waals surface area contributed by atoms with Crippen LogP contribution in [-0.4, -0.2) is 28.0 Å². The molecule has 1 aliphatic heterocycles. The Balaban J connectivity index is 1.59. The zero-order valence-corrected chi connectivity index (χ0v) is 16.7. The number of hydrogen-bond donors (Lipinski definition) is 1. The van der Waals surface area contributed by atoms with Gasteiger partial charge >= 0.3 is 0 Å². The van der Waals surface area contributed by atoms with Crippen molar-refractivity contribution in [2.45, 2.75) is 70.3 Å². The second-order valence-electron chi connectivity index (χ2n) is 8.12. The second-order valence-corrected chi connectivity index (χ2v) is 8.12. The number of hydrogen-bond acceptors (Lipinski definition) is 5. The zero-order valence-electron chi connectivity index (χ0n) is 16.7. The van der Waals surface area contributed by atoms with Crippen LogP contribution in [0.4, 0.5) is 16.3 Å². The molecule has 1 saturated carbocycles. The van der Waals surface area contributed by atoms with Crippen LogP contribution >= 0.6 is 0 Å². The molecule has 0 bridgehead atoms. The van der Waals surface area contributed by atoms with Crippen molar-refractivity contribution in [1.82, 2.24) is 15.0 Å². The van der Waals surface area contributed by atoms with Crippen molar-refractivity contribution >= 4 is 11.9 Å². The van der Waals surface area contributed by atoms with Crippen molar-refractivity contribution in [1.29, 1.82) is 0 Å². The summed E-state index contributed by atoms with van der Waals surface area (Å²) < 4.78 is 13.2. The summed E-state index contributed by atoms with van der Waals surface area (Å²) in [5.74, 6) is 2.59. The van der Waals surface area contributed by atoms with Gasteiger partial charge in [0.05, 0.1) is 6.04 Å². The molecule has 1 saturated heterocycles. The van der Waals surface area contributed by atoms with E-state index in [1.54, 1.807) is 0 Å². The van der Waals surface area contributed by atoms with Gasteiger partial charge in [-0.15, -0.1) is 0 Å². The lowest BCUT2D eigenvalue weighted by atomic mass is 9.89. The molecule has 1 N–H and O–H groups in total. The highest BCUT2D eigenvalue weighted by molar-refractivity contribution is 5.40. The number of aromatic nitrogens is 3. The molecule has 5 nitrogen and oxygen atoms in total. The summed E-state index contributed by atoms with van der Waals surface area (Å²) >= 11 is 0. The van der Waals surface area contributed by atoms with Gasteiger partial charge in [0.25, 0.3) is 0 Å². The van der Waals surface area contributed by atoms with E-state index in [0.717, 1.165) is 43.3 Å². The van der Waals surface area contributed by atoms with E-state index in [2.05, 4.69) is 17.1 Å². The monoisotopic (exact) mass is 383 g/mol. The van der Waals surface area contributed by atoms with Crippen LogP contribution in [0.2, 0.25) is 0 Å². The normalized spacial score (nSPS) is 19.4. The maximum absolute atomic E-state index is 13.2. The first-order chi connectivity index (χ1) is 13.7. The molecule has 1 aliphatic carbocycles. The van der Waals surface area contributed by atoms with E-state index < -0.39 is 0 Å². The summed E-state index contributed by atoms with van der Waals surface area (Å²) in [6, 6.07) is 6.60. The lowest BCUT2D eigenvalue weighted by Gasteiger charge is -2.28. The maximum Gasteiger partial charge on any atom is 0.230 e. The van der Waals surface area contributed by atoms with Gasteiger partial charge in [0.15, 0.2) is 0 Å². The molecule has 6 heteroatoms. The predicted molar refractivity (Wildman–Crippen MR) is 110 cm³/mol. The summed E-state index contributed by atoms with van der Waals surface area (Å²) in [6.45, 7) is 4.08. The molecular weight excluding hydrogens is 353 g/mol. The lowest BCUT2D eigenvalue weighted by molar-refractivity contribution is 0.427. The first-order valence-electron chi connectivity index (χ1n) is 10.7. The van der Waals surface area contributed by atoms with Gasteiger partial charge in [0.2, 0.25) is 11.9 Å². The van der Waals surface area contributed by atoms with Crippen molar-refractivity contribution in [3.05, 3.63) is 41.5 Å². The van der Waals surface area contributed by atoms with E-state index in [0.29, 0.717) is 11.9 Å². The predicted octanol–water partition coefficient (Wildman–Crippen LogP) is 5.22. The van der Waals surface area contributed by atoms with Crippen molar-refractivity contribution in [3.63, 3.8) is 0 Å². The van der Waals surface area contributed by atoms with Gasteiger partial charge in [0, 0.05) is 19.0 Å². The van der Waals surface area contributed by atoms with Crippen LogP contribution in [0, 0.1) is 5.82 Å². The molecule has 0 radical (unpaired) electrons. The molecule has 0 spiro atoms. The minimum Gasteiger partial charge on any atom is -0.348 e. The number of nitrogens with one attached hydrogen (secondary N) is 1. The smallest absolute Gasteiger partial charge is 0.230 e. The van der Waals surface area contributed by atoms with Gasteiger partial charge in [-0.05, 0) is 56.7 Å². The van der Waals surface area contributed by atoms with Crippen LogP contribution in [0.25, 0.3) is 0 Å². The van der Waals surface area contributed by atoms with Gasteiger partial charge in [0.1, 0.15) is 11.6 Å². The van der Waals surface area contributed by atoms with Crippen molar-refractivity contribution in [3.8, 4) is 0 Å². The number of piperidine rings is 1. The summed E-state index contributed by atoms with van der Waals surface area (Å²) in [7, 11) is 0. The maximum atomic E-state index is 13.2. The summed E-state index contributed by atoms with van der Waals surface area (Å²) in [6.07, 6.45) is 9.82. The molecule has 1 unspecified atom stereocenters. The van der Waals surface area contributed by atoms with Crippen LogP contribution in [-0.2, 0) is 0 Å². The van der Waals surface area contributed by atoms with Crippen LogP contribution in [0.5, 0.6) is 0 Å². The highest BCUT2D eigenvalue weighted by atomic mass is 19.1. The Labute approximate surface area is 166 Å². The Morgan fingerprint density at radius 3 is 2.32 bits per heavy atom. The molecular formula is C22H30FN5. The Morgan fingerprint density at radius 1 is 0.929 bits per heavy atom. The number of anilines is 2. The van der Waals surface area contributed by atoms with Gasteiger partial charge < -0.3 is 10.2 Å². The Hall–Kier alpha value is -2.24. The second kappa shape index (κ2) is 8.84. The van der Waals surface area contributed by atoms with Crippen LogP contribution in [0.3, 0.4) is 0 Å². The fraction of sp³-hybridized carbons (Fsp3) is 0.591. The molecule has 1 aromatic carbocycles. The molecule has 28 heavy (non-hydrogen) atoms. The van der Waals surface area contributed by atoms with Crippen molar-refractivity contribution in [2.24, 2.45) is 0 Å². The number of nitrogens with zero attached hydrogens (tertiary/aromatic N) is 4. The number of halogens is 1. The van der Waals surface area contributed by atoms with E-state index in [4.69, 9.17) is 15.0 Å². The third-order valence-electron chi connectivity index (χ3n) is 5.97. The quantitative estimate of drug-likeness (QED) is 0.767. The molecule has 1 atom stereocenters. The lowest BCUT2D eigenvalue weighted by Crippen LogP contribution is -2.32. The molecule has 0 amide bonds. The summed E-state index contributed by atoms with van der Waals surface area (Å²) in [5, 5.41) is 3.43. The SMILES string of the molecule is CC(Nc1nc(C2CCCCC2)nc(N2CCCCC2)n1)c1ccc(F)cc1. The molecule has 150 valence electrons. The summed E-state index contributed by atoms with van der Waals surface area (Å²) in [5.41, 5.74) is 1.01. The average Bonchev–Trinajstić information content (AvgIpc) is 2.75. The highest BCUT2D eigenvalue weighted by Gasteiger charge is 2.23. The van der Waals surface area contributed by atoms with Crippen LogP contribution in [0.1, 0.15) is 81.6 Å². The van der Waals surface area contributed by atoms with Gasteiger partial charge in [-0.25, -0.2) is 4.39 Å².